The summed E-state index contributed by atoms with van der Waals surface area (Å²) in [5.41, 5.74) is -1.16. The maximum Gasteiger partial charge on any atom is 0.343 e. The van der Waals surface area contributed by atoms with Gasteiger partial charge >= 0.3 is 5.63 Å². The molecule has 0 spiro atoms. The van der Waals surface area contributed by atoms with Crippen LogP contribution in [0, 0.1) is 10.1 Å². The first kappa shape index (κ1) is 9.20. The van der Waals surface area contributed by atoms with E-state index in [1.807, 2.05) is 0 Å². The molecule has 0 saturated carbocycles. The van der Waals surface area contributed by atoms with Crippen LogP contribution in [0.4, 0.5) is 5.69 Å². The zero-order valence-electron chi connectivity index (χ0n) is 7.34. The van der Waals surface area contributed by atoms with Crippen molar-refractivity contribution >= 4 is 16.7 Å². The van der Waals surface area contributed by atoms with E-state index in [9.17, 15) is 14.9 Å². The second-order valence-electron chi connectivity index (χ2n) is 2.89. The second-order valence-corrected chi connectivity index (χ2v) is 2.89. The summed E-state index contributed by atoms with van der Waals surface area (Å²) in [5.74, 6) is -0.119. The number of rotatable bonds is 1. The highest BCUT2D eigenvalue weighted by Gasteiger charge is 2.15. The molecule has 2 rings (SSSR count). The molecule has 15 heavy (non-hydrogen) atoms. The Morgan fingerprint density at radius 3 is 2.73 bits per heavy atom. The molecule has 0 aliphatic carbocycles. The summed E-state index contributed by atoms with van der Waals surface area (Å²) < 4.78 is 4.71. The lowest BCUT2D eigenvalue weighted by Gasteiger charge is -1.97. The van der Waals surface area contributed by atoms with E-state index >= 15 is 0 Å². The Balaban J connectivity index is 2.92. The Morgan fingerprint density at radius 2 is 2.07 bits per heavy atom. The molecule has 0 unspecified atom stereocenters. The van der Waals surface area contributed by atoms with Crippen LogP contribution < -0.4 is 5.63 Å². The summed E-state index contributed by atoms with van der Waals surface area (Å²) in [5, 5.41) is 19.9. The van der Waals surface area contributed by atoms with Gasteiger partial charge in [-0.25, -0.2) is 4.79 Å². The Kier molecular flexibility index (Phi) is 1.89. The summed E-state index contributed by atoms with van der Waals surface area (Å²) in [7, 11) is 0. The minimum absolute atomic E-state index is 0.00537. The molecule has 0 aliphatic heterocycles. The minimum Gasteiger partial charge on any atom is -0.508 e. The topological polar surface area (TPSA) is 93.6 Å². The third-order valence-electron chi connectivity index (χ3n) is 1.90. The summed E-state index contributed by atoms with van der Waals surface area (Å²) >= 11 is 0. The van der Waals surface area contributed by atoms with Gasteiger partial charge in [0.2, 0.25) is 0 Å². The van der Waals surface area contributed by atoms with Crippen LogP contribution in [0.25, 0.3) is 11.0 Å². The Morgan fingerprint density at radius 1 is 1.33 bits per heavy atom. The van der Waals surface area contributed by atoms with Crippen molar-refractivity contribution in [3.8, 4) is 5.75 Å². The molecule has 0 amide bonds. The van der Waals surface area contributed by atoms with Gasteiger partial charge in [0, 0.05) is 6.07 Å². The molecule has 76 valence electrons. The molecule has 6 heteroatoms. The van der Waals surface area contributed by atoms with Crippen molar-refractivity contribution in [3.05, 3.63) is 44.8 Å². The lowest BCUT2D eigenvalue weighted by Crippen LogP contribution is -2.00. The first-order valence-corrected chi connectivity index (χ1v) is 3.99. The lowest BCUT2D eigenvalue weighted by atomic mass is 10.2. The summed E-state index contributed by atoms with van der Waals surface area (Å²) in [4.78, 5) is 20.9. The van der Waals surface area contributed by atoms with Crippen LogP contribution >= 0.6 is 0 Å². The molecule has 0 fully saturated rings. The maximum atomic E-state index is 11.0. The van der Waals surface area contributed by atoms with E-state index in [0.717, 1.165) is 12.1 Å². The summed E-state index contributed by atoms with van der Waals surface area (Å²) in [6.07, 6.45) is 0. The Labute approximate surface area is 82.5 Å². The van der Waals surface area contributed by atoms with Gasteiger partial charge in [-0.05, 0) is 12.1 Å². The number of nitro groups is 1. The van der Waals surface area contributed by atoms with Crippen molar-refractivity contribution in [2.75, 3.05) is 0 Å². The van der Waals surface area contributed by atoms with E-state index in [2.05, 4.69) is 0 Å². The molecule has 1 aromatic heterocycles. The molecule has 0 radical (unpaired) electrons. The third-order valence-corrected chi connectivity index (χ3v) is 1.90. The van der Waals surface area contributed by atoms with E-state index in [-0.39, 0.29) is 22.4 Å². The predicted molar refractivity (Wildman–Crippen MR) is 50.8 cm³/mol. The van der Waals surface area contributed by atoms with Gasteiger partial charge in [0.25, 0.3) is 5.69 Å². The van der Waals surface area contributed by atoms with E-state index < -0.39 is 10.5 Å². The molecule has 0 saturated heterocycles. The van der Waals surface area contributed by atoms with Gasteiger partial charge in [-0.2, -0.15) is 0 Å². The van der Waals surface area contributed by atoms with Crippen LogP contribution in [0.15, 0.2) is 33.5 Å². The fraction of sp³-hybridized carbons (Fsp3) is 0. The van der Waals surface area contributed by atoms with E-state index in [1.54, 1.807) is 0 Å². The SMILES string of the molecule is O=c1cc([N+](=O)[O-])c2ccc(O)cc2o1. The standard InChI is InChI=1S/C9H5NO5/c11-5-1-2-6-7(10(13)14)4-9(12)15-8(6)3-5/h1-4,11H. The fourth-order valence-electron chi connectivity index (χ4n) is 1.29. The number of phenolic OH excluding ortho intramolecular Hbond substituents is 1. The molecular formula is C9H5NO5. The van der Waals surface area contributed by atoms with Crippen LogP contribution in [0.1, 0.15) is 0 Å². The van der Waals surface area contributed by atoms with Crippen molar-refractivity contribution in [1.82, 2.24) is 0 Å². The van der Waals surface area contributed by atoms with Crippen molar-refractivity contribution in [3.63, 3.8) is 0 Å². The summed E-state index contributed by atoms with van der Waals surface area (Å²) in [6, 6.07) is 4.57. The number of benzene rings is 1. The summed E-state index contributed by atoms with van der Waals surface area (Å²) in [6.45, 7) is 0. The van der Waals surface area contributed by atoms with E-state index in [4.69, 9.17) is 9.52 Å². The Hall–Kier alpha value is -2.37. The average Bonchev–Trinajstić information content (AvgIpc) is 2.15. The van der Waals surface area contributed by atoms with Crippen LogP contribution in [-0.4, -0.2) is 10.0 Å². The molecule has 1 heterocycles. The van der Waals surface area contributed by atoms with Gasteiger partial charge in [-0.3, -0.25) is 10.1 Å². The molecule has 1 aromatic carbocycles. The zero-order chi connectivity index (χ0) is 11.0. The average molecular weight is 207 g/mol. The Bertz CT molecular complexity index is 601. The fourth-order valence-corrected chi connectivity index (χ4v) is 1.29. The first-order chi connectivity index (χ1) is 7.08. The number of fused-ring (bicyclic) bond motifs is 1. The highest BCUT2D eigenvalue weighted by molar-refractivity contribution is 5.86. The van der Waals surface area contributed by atoms with Crippen molar-refractivity contribution in [2.24, 2.45) is 0 Å². The normalized spacial score (nSPS) is 10.4. The van der Waals surface area contributed by atoms with Crippen LogP contribution in [0.3, 0.4) is 0 Å². The van der Waals surface area contributed by atoms with Gasteiger partial charge in [-0.1, -0.05) is 0 Å². The number of aromatic hydroxyl groups is 1. The van der Waals surface area contributed by atoms with E-state index in [1.165, 1.54) is 12.1 Å². The number of nitrogens with zero attached hydrogens (tertiary/aromatic N) is 1. The molecule has 0 bridgehead atoms. The lowest BCUT2D eigenvalue weighted by molar-refractivity contribution is -0.383. The number of phenols is 1. The van der Waals surface area contributed by atoms with Crippen LogP contribution in [-0.2, 0) is 0 Å². The minimum atomic E-state index is -0.820. The molecule has 2 aromatic rings. The van der Waals surface area contributed by atoms with Crippen LogP contribution in [0.5, 0.6) is 5.75 Å². The molecule has 1 N–H and O–H groups in total. The van der Waals surface area contributed by atoms with Gasteiger partial charge in [0.1, 0.15) is 17.4 Å². The first-order valence-electron chi connectivity index (χ1n) is 3.99. The highest BCUT2D eigenvalue weighted by atomic mass is 16.6. The predicted octanol–water partition coefficient (Wildman–Crippen LogP) is 1.41. The quantitative estimate of drug-likeness (QED) is 0.433. The van der Waals surface area contributed by atoms with Gasteiger partial charge in [0.15, 0.2) is 0 Å². The smallest absolute Gasteiger partial charge is 0.343 e. The van der Waals surface area contributed by atoms with Crippen molar-refractivity contribution < 1.29 is 14.4 Å². The third kappa shape index (κ3) is 1.52. The highest BCUT2D eigenvalue weighted by Crippen LogP contribution is 2.26. The molecular weight excluding hydrogens is 202 g/mol. The van der Waals surface area contributed by atoms with Gasteiger partial charge in [0.05, 0.1) is 10.3 Å². The largest absolute Gasteiger partial charge is 0.508 e. The van der Waals surface area contributed by atoms with E-state index in [0.29, 0.717) is 0 Å². The number of hydrogen-bond acceptors (Lipinski definition) is 5. The number of hydrogen-bond donors (Lipinski definition) is 1. The molecule has 0 aliphatic rings. The molecule has 0 atom stereocenters. The monoisotopic (exact) mass is 207 g/mol. The van der Waals surface area contributed by atoms with Crippen LogP contribution in [0.2, 0.25) is 0 Å². The van der Waals surface area contributed by atoms with Crippen molar-refractivity contribution in [2.45, 2.75) is 0 Å². The second kappa shape index (κ2) is 3.09. The maximum absolute atomic E-state index is 11.0. The van der Waals surface area contributed by atoms with Gasteiger partial charge in [-0.15, -0.1) is 0 Å². The zero-order valence-corrected chi connectivity index (χ0v) is 7.34. The van der Waals surface area contributed by atoms with Crippen molar-refractivity contribution in [1.29, 1.82) is 0 Å². The molecule has 6 nitrogen and oxygen atoms in total. The van der Waals surface area contributed by atoms with Gasteiger partial charge < -0.3 is 9.52 Å².